The summed E-state index contributed by atoms with van der Waals surface area (Å²) in [4.78, 5) is 8.74. The molecule has 6 nitrogen and oxygen atoms in total. The summed E-state index contributed by atoms with van der Waals surface area (Å²) in [6.45, 7) is 8.07. The van der Waals surface area contributed by atoms with E-state index in [-0.39, 0.29) is 30.1 Å². The molecule has 29 heavy (non-hydrogen) atoms. The number of hydrogen-bond acceptors (Lipinski definition) is 5. The van der Waals surface area contributed by atoms with Crippen molar-refractivity contribution in [3.8, 4) is 11.5 Å². The Morgan fingerprint density at radius 3 is 2.97 bits per heavy atom. The van der Waals surface area contributed by atoms with Gasteiger partial charge in [-0.05, 0) is 42.5 Å². The summed E-state index contributed by atoms with van der Waals surface area (Å²) in [5.41, 5.74) is 1.49. The third kappa shape index (κ3) is 5.99. The number of nitrogens with zero attached hydrogens (tertiary/aromatic N) is 2. The van der Waals surface area contributed by atoms with E-state index in [1.807, 2.05) is 35.6 Å². The first-order chi connectivity index (χ1) is 13.8. The fraction of sp³-hybridized carbons (Fsp3) is 0.476. The maximum Gasteiger partial charge on any atom is 0.191 e. The van der Waals surface area contributed by atoms with E-state index in [9.17, 15) is 0 Å². The van der Waals surface area contributed by atoms with E-state index in [1.54, 1.807) is 4.88 Å². The molecule has 0 aliphatic carbocycles. The molecule has 3 heterocycles. The van der Waals surface area contributed by atoms with Crippen LogP contribution in [0.15, 0.2) is 40.7 Å². The van der Waals surface area contributed by atoms with Crippen molar-refractivity contribution in [2.24, 2.45) is 4.99 Å². The van der Waals surface area contributed by atoms with Crippen LogP contribution in [0, 0.1) is 0 Å². The molecule has 1 aromatic carbocycles. The predicted octanol–water partition coefficient (Wildman–Crippen LogP) is 3.12. The fourth-order valence-corrected chi connectivity index (χ4v) is 4.41. The van der Waals surface area contributed by atoms with Gasteiger partial charge in [0.1, 0.15) is 6.61 Å². The smallest absolute Gasteiger partial charge is 0.191 e. The van der Waals surface area contributed by atoms with Crippen molar-refractivity contribution >= 4 is 41.3 Å². The lowest BCUT2D eigenvalue weighted by atomic mass is 10.1. The Kier molecular flexibility index (Phi) is 8.43. The number of aliphatic imine (C=N–C) groups is 1. The number of guanidine groups is 1. The number of fused-ring (bicyclic) bond motifs is 2. The van der Waals surface area contributed by atoms with Crippen LogP contribution in [0.4, 0.5) is 0 Å². The summed E-state index contributed by atoms with van der Waals surface area (Å²) in [6, 6.07) is 10.0. The van der Waals surface area contributed by atoms with Crippen LogP contribution in [-0.4, -0.2) is 56.3 Å². The fourth-order valence-electron chi connectivity index (χ4n) is 3.52. The molecule has 1 unspecified atom stereocenters. The van der Waals surface area contributed by atoms with Crippen molar-refractivity contribution in [1.29, 1.82) is 0 Å². The van der Waals surface area contributed by atoms with Crippen LogP contribution in [0.2, 0.25) is 0 Å². The Labute approximate surface area is 193 Å². The van der Waals surface area contributed by atoms with Gasteiger partial charge in [-0.25, -0.2) is 4.99 Å². The maximum absolute atomic E-state index is 5.99. The van der Waals surface area contributed by atoms with Gasteiger partial charge in [0.25, 0.3) is 0 Å². The number of para-hydroxylation sites is 2. The molecule has 0 spiro atoms. The zero-order valence-electron chi connectivity index (χ0n) is 16.7. The Hall–Kier alpha value is -1.52. The summed E-state index contributed by atoms with van der Waals surface area (Å²) in [5, 5.41) is 8.97. The van der Waals surface area contributed by atoms with Crippen LogP contribution in [0.25, 0.3) is 0 Å². The molecular formula is C21H29IN4O2S. The monoisotopic (exact) mass is 528 g/mol. The SMILES string of the molecule is CCNC(=NCC1COc2ccccc2O1)NCCN1CCc2sccc2C1.I. The lowest BCUT2D eigenvalue weighted by Gasteiger charge is -2.27. The third-order valence-corrected chi connectivity index (χ3v) is 5.99. The minimum absolute atomic E-state index is 0. The standard InChI is InChI=1S/C21H28N4O2S.HI/c1-2-22-21(23-9-11-25-10-7-20-16(14-25)8-12-28-20)24-13-17-15-26-18-5-3-4-6-19(18)27-17;/h3-6,8,12,17H,2,7,9-11,13-15H2,1H3,(H2,22,23,24);1H. The van der Waals surface area contributed by atoms with Crippen molar-refractivity contribution in [3.05, 3.63) is 46.2 Å². The average Bonchev–Trinajstić information content (AvgIpc) is 3.20. The molecule has 0 radical (unpaired) electrons. The molecule has 2 aromatic rings. The lowest BCUT2D eigenvalue weighted by Crippen LogP contribution is -2.43. The molecule has 4 rings (SSSR count). The summed E-state index contributed by atoms with van der Waals surface area (Å²) in [7, 11) is 0. The highest BCUT2D eigenvalue weighted by molar-refractivity contribution is 14.0. The second-order valence-corrected chi connectivity index (χ2v) is 8.04. The number of benzene rings is 1. The molecule has 0 bridgehead atoms. The number of nitrogens with one attached hydrogen (secondary N) is 2. The van der Waals surface area contributed by atoms with E-state index in [4.69, 9.17) is 14.5 Å². The molecule has 8 heteroatoms. The van der Waals surface area contributed by atoms with E-state index in [0.717, 1.165) is 50.2 Å². The van der Waals surface area contributed by atoms with E-state index >= 15 is 0 Å². The number of ether oxygens (including phenoxy) is 2. The van der Waals surface area contributed by atoms with Gasteiger partial charge in [0.15, 0.2) is 23.6 Å². The van der Waals surface area contributed by atoms with Gasteiger partial charge in [-0.2, -0.15) is 0 Å². The predicted molar refractivity (Wildman–Crippen MR) is 129 cm³/mol. The van der Waals surface area contributed by atoms with Gasteiger partial charge in [-0.15, -0.1) is 35.3 Å². The molecule has 158 valence electrons. The summed E-state index contributed by atoms with van der Waals surface area (Å²) in [5.74, 6) is 2.44. The molecule has 0 amide bonds. The Balaban J connectivity index is 0.00000240. The maximum atomic E-state index is 5.99. The Bertz CT molecular complexity index is 813. The van der Waals surface area contributed by atoms with Crippen LogP contribution in [0.5, 0.6) is 11.5 Å². The molecule has 2 N–H and O–H groups in total. The van der Waals surface area contributed by atoms with E-state index in [1.165, 1.54) is 12.0 Å². The number of rotatable bonds is 6. The van der Waals surface area contributed by atoms with Crippen molar-refractivity contribution in [2.45, 2.75) is 26.0 Å². The van der Waals surface area contributed by atoms with Crippen molar-refractivity contribution < 1.29 is 9.47 Å². The van der Waals surface area contributed by atoms with E-state index in [0.29, 0.717) is 13.2 Å². The second-order valence-electron chi connectivity index (χ2n) is 7.04. The van der Waals surface area contributed by atoms with Crippen molar-refractivity contribution in [3.63, 3.8) is 0 Å². The number of thiophene rings is 1. The summed E-state index contributed by atoms with van der Waals surface area (Å²) >= 11 is 1.89. The molecular weight excluding hydrogens is 499 g/mol. The van der Waals surface area contributed by atoms with Crippen LogP contribution >= 0.6 is 35.3 Å². The molecule has 2 aliphatic rings. The molecule has 0 saturated carbocycles. The minimum Gasteiger partial charge on any atom is -0.486 e. The van der Waals surface area contributed by atoms with Crippen molar-refractivity contribution in [2.75, 3.05) is 39.3 Å². The van der Waals surface area contributed by atoms with Gasteiger partial charge in [0, 0.05) is 37.6 Å². The number of hydrogen-bond donors (Lipinski definition) is 2. The van der Waals surface area contributed by atoms with E-state index in [2.05, 4.69) is 33.9 Å². The van der Waals surface area contributed by atoms with Crippen molar-refractivity contribution in [1.82, 2.24) is 15.5 Å². The minimum atomic E-state index is -0.0653. The molecule has 2 aliphatic heterocycles. The Morgan fingerprint density at radius 1 is 1.24 bits per heavy atom. The summed E-state index contributed by atoms with van der Waals surface area (Å²) in [6.07, 6.45) is 1.10. The first-order valence-electron chi connectivity index (χ1n) is 10.00. The van der Waals surface area contributed by atoms with Crippen LogP contribution < -0.4 is 20.1 Å². The first kappa shape index (κ1) is 22.2. The Morgan fingerprint density at radius 2 is 2.10 bits per heavy atom. The third-order valence-electron chi connectivity index (χ3n) is 4.97. The van der Waals surface area contributed by atoms with Gasteiger partial charge in [0.05, 0.1) is 6.54 Å². The average molecular weight is 528 g/mol. The highest BCUT2D eigenvalue weighted by atomic mass is 127. The van der Waals surface area contributed by atoms with Gasteiger partial charge in [-0.1, -0.05) is 12.1 Å². The normalized spacial score (nSPS) is 18.5. The molecule has 1 atom stereocenters. The molecule has 0 saturated heterocycles. The highest BCUT2D eigenvalue weighted by Gasteiger charge is 2.20. The highest BCUT2D eigenvalue weighted by Crippen LogP contribution is 2.30. The molecule has 0 fully saturated rings. The zero-order valence-corrected chi connectivity index (χ0v) is 19.9. The van der Waals surface area contributed by atoms with Gasteiger partial charge in [0.2, 0.25) is 0 Å². The second kappa shape index (κ2) is 11.0. The van der Waals surface area contributed by atoms with Gasteiger partial charge in [-0.3, -0.25) is 4.90 Å². The lowest BCUT2D eigenvalue weighted by molar-refractivity contribution is 0.0971. The van der Waals surface area contributed by atoms with Gasteiger partial charge < -0.3 is 20.1 Å². The zero-order chi connectivity index (χ0) is 19.2. The van der Waals surface area contributed by atoms with Crippen LogP contribution in [0.3, 0.4) is 0 Å². The van der Waals surface area contributed by atoms with E-state index < -0.39 is 0 Å². The molecule has 1 aromatic heterocycles. The largest absolute Gasteiger partial charge is 0.486 e. The van der Waals surface area contributed by atoms with Gasteiger partial charge >= 0.3 is 0 Å². The topological polar surface area (TPSA) is 58.1 Å². The van der Waals surface area contributed by atoms with Crippen LogP contribution in [0.1, 0.15) is 17.4 Å². The first-order valence-corrected chi connectivity index (χ1v) is 10.9. The number of halogens is 1. The summed E-state index contributed by atoms with van der Waals surface area (Å²) < 4.78 is 11.8. The van der Waals surface area contributed by atoms with Crippen LogP contribution in [-0.2, 0) is 13.0 Å². The quantitative estimate of drug-likeness (QED) is 0.343.